The molecule has 2 rings (SSSR count). The maximum absolute atomic E-state index is 12.5. The van der Waals surface area contributed by atoms with Gasteiger partial charge in [-0.2, -0.15) is 4.31 Å². The van der Waals surface area contributed by atoms with Crippen molar-refractivity contribution >= 4 is 39.3 Å². The number of anilines is 1. The Morgan fingerprint density at radius 3 is 2.32 bits per heavy atom. The van der Waals surface area contributed by atoms with Crippen LogP contribution in [0, 0.1) is 0 Å². The Balaban J connectivity index is 1.86. The summed E-state index contributed by atoms with van der Waals surface area (Å²) in [5, 5.41) is 2.98. The van der Waals surface area contributed by atoms with E-state index >= 15 is 0 Å². The summed E-state index contributed by atoms with van der Waals surface area (Å²) in [4.78, 5) is 28.4. The normalized spacial score (nSPS) is 12.4. The van der Waals surface area contributed by atoms with Crippen LogP contribution >= 0.6 is 11.6 Å². The lowest BCUT2D eigenvalue weighted by molar-refractivity contribution is -0.153. The molecule has 0 bridgehead atoms. The van der Waals surface area contributed by atoms with Crippen LogP contribution in [0.1, 0.15) is 32.8 Å². The number of esters is 1. The summed E-state index contributed by atoms with van der Waals surface area (Å²) < 4.78 is 31.6. The summed E-state index contributed by atoms with van der Waals surface area (Å²) in [6, 6.07) is 9.53. The molecule has 1 aromatic heterocycles. The molecule has 10 heteroatoms. The number of aryl methyl sites for hydroxylation is 1. The predicted octanol–water partition coefficient (Wildman–Crippen LogP) is 3.27. The first-order valence-corrected chi connectivity index (χ1v) is 11.7. The third-order valence-corrected chi connectivity index (χ3v) is 6.83. The third-order valence-electron chi connectivity index (χ3n) is 4.54. The second-order valence-electron chi connectivity index (χ2n) is 6.72. The molecule has 0 radical (unpaired) electrons. The molecule has 0 aliphatic heterocycles. The Morgan fingerprint density at radius 1 is 1.13 bits per heavy atom. The molecule has 0 fully saturated rings. The molecule has 1 atom stereocenters. The van der Waals surface area contributed by atoms with Crippen LogP contribution in [0.15, 0.2) is 47.5 Å². The standard InChI is InChI=1S/C21H26ClN3O5S/c1-4-25(5-2)31(28,29)18-10-6-16(7-11-18)8-13-20(26)30-15(3)21(27)24-19-12-9-17(22)14-23-19/h6-7,9-12,14-15H,4-5,8,13H2,1-3H3,(H,23,24,27). The molecule has 8 nitrogen and oxygen atoms in total. The van der Waals surface area contributed by atoms with E-state index in [0.717, 1.165) is 5.56 Å². The van der Waals surface area contributed by atoms with E-state index in [4.69, 9.17) is 16.3 Å². The summed E-state index contributed by atoms with van der Waals surface area (Å²) in [6.07, 6.45) is 0.814. The molecule has 1 aromatic carbocycles. The molecule has 1 unspecified atom stereocenters. The summed E-state index contributed by atoms with van der Waals surface area (Å²) >= 11 is 5.75. The molecule has 0 saturated carbocycles. The minimum absolute atomic E-state index is 0.0545. The molecule has 2 aromatic rings. The van der Waals surface area contributed by atoms with Gasteiger partial charge in [-0.15, -0.1) is 0 Å². The van der Waals surface area contributed by atoms with Gasteiger partial charge in [0.1, 0.15) is 5.82 Å². The zero-order chi connectivity index (χ0) is 23.0. The number of halogens is 1. The molecule has 0 saturated heterocycles. The largest absolute Gasteiger partial charge is 0.453 e. The third kappa shape index (κ3) is 7.02. The van der Waals surface area contributed by atoms with E-state index in [1.54, 1.807) is 38.1 Å². The van der Waals surface area contributed by atoms with Crippen molar-refractivity contribution in [3.63, 3.8) is 0 Å². The van der Waals surface area contributed by atoms with E-state index in [1.165, 1.54) is 29.6 Å². The number of hydrogen-bond donors (Lipinski definition) is 1. The van der Waals surface area contributed by atoms with Crippen LogP contribution < -0.4 is 5.32 Å². The lowest BCUT2D eigenvalue weighted by atomic mass is 10.1. The average Bonchev–Trinajstić information content (AvgIpc) is 2.74. The minimum atomic E-state index is -3.52. The lowest BCUT2D eigenvalue weighted by Crippen LogP contribution is -2.30. The highest BCUT2D eigenvalue weighted by molar-refractivity contribution is 7.89. The SMILES string of the molecule is CCN(CC)S(=O)(=O)c1ccc(CCC(=O)OC(C)C(=O)Nc2ccc(Cl)cn2)cc1. The van der Waals surface area contributed by atoms with Gasteiger partial charge in [-0.1, -0.05) is 37.6 Å². The number of rotatable bonds is 10. The van der Waals surface area contributed by atoms with Gasteiger partial charge in [0, 0.05) is 25.7 Å². The highest BCUT2D eigenvalue weighted by Gasteiger charge is 2.21. The Bertz CT molecular complexity index is 991. The van der Waals surface area contributed by atoms with Crippen LogP contribution in [0.4, 0.5) is 5.82 Å². The fraction of sp³-hybridized carbons (Fsp3) is 0.381. The molecular weight excluding hydrogens is 442 g/mol. The first-order chi connectivity index (χ1) is 14.7. The molecule has 1 amide bonds. The first kappa shape index (κ1) is 24.8. The summed E-state index contributed by atoms with van der Waals surface area (Å²) in [7, 11) is -3.52. The van der Waals surface area contributed by atoms with Gasteiger partial charge in [0.05, 0.1) is 9.92 Å². The topological polar surface area (TPSA) is 106 Å². The molecule has 0 aliphatic rings. The quantitative estimate of drug-likeness (QED) is 0.537. The van der Waals surface area contributed by atoms with Gasteiger partial charge in [0.25, 0.3) is 5.91 Å². The zero-order valence-corrected chi connectivity index (χ0v) is 19.2. The van der Waals surface area contributed by atoms with Crippen molar-refractivity contribution in [3.8, 4) is 0 Å². The maximum Gasteiger partial charge on any atom is 0.306 e. The van der Waals surface area contributed by atoms with Gasteiger partial charge in [-0.05, 0) is 43.2 Å². The van der Waals surface area contributed by atoms with E-state index < -0.39 is 28.0 Å². The average molecular weight is 468 g/mol. The van der Waals surface area contributed by atoms with Gasteiger partial charge in [0.2, 0.25) is 10.0 Å². The van der Waals surface area contributed by atoms with E-state index in [1.807, 2.05) is 0 Å². The number of nitrogens with zero attached hydrogens (tertiary/aromatic N) is 2. The van der Waals surface area contributed by atoms with Crippen molar-refractivity contribution < 1.29 is 22.7 Å². The number of ether oxygens (including phenoxy) is 1. The monoisotopic (exact) mass is 467 g/mol. The number of carbonyl (C=O) groups is 2. The van der Waals surface area contributed by atoms with Crippen molar-refractivity contribution in [1.29, 1.82) is 0 Å². The number of pyridine rings is 1. The van der Waals surface area contributed by atoms with Crippen LogP contribution in [0.25, 0.3) is 0 Å². The van der Waals surface area contributed by atoms with Gasteiger partial charge >= 0.3 is 5.97 Å². The fourth-order valence-corrected chi connectivity index (χ4v) is 4.34. The molecule has 168 valence electrons. The molecular formula is C21H26ClN3O5S. The van der Waals surface area contributed by atoms with Crippen LogP contribution in [-0.2, 0) is 30.8 Å². The molecule has 0 aliphatic carbocycles. The Kier molecular flexibility index (Phi) is 8.97. The highest BCUT2D eigenvalue weighted by atomic mass is 35.5. The summed E-state index contributed by atoms with van der Waals surface area (Å²) in [6.45, 7) is 5.83. The number of sulfonamides is 1. The van der Waals surface area contributed by atoms with Crippen LogP contribution in [0.3, 0.4) is 0 Å². The van der Waals surface area contributed by atoms with Gasteiger partial charge in [-0.25, -0.2) is 13.4 Å². The second kappa shape index (κ2) is 11.2. The van der Waals surface area contributed by atoms with E-state index in [-0.39, 0.29) is 11.3 Å². The predicted molar refractivity (Wildman–Crippen MR) is 118 cm³/mol. The number of benzene rings is 1. The smallest absolute Gasteiger partial charge is 0.306 e. The van der Waals surface area contributed by atoms with E-state index in [0.29, 0.717) is 30.4 Å². The van der Waals surface area contributed by atoms with Crippen molar-refractivity contribution in [3.05, 3.63) is 53.2 Å². The van der Waals surface area contributed by atoms with Gasteiger partial charge < -0.3 is 10.1 Å². The first-order valence-electron chi connectivity index (χ1n) is 9.88. The van der Waals surface area contributed by atoms with Crippen LogP contribution in [0.5, 0.6) is 0 Å². The van der Waals surface area contributed by atoms with Crippen molar-refractivity contribution in [1.82, 2.24) is 9.29 Å². The summed E-state index contributed by atoms with van der Waals surface area (Å²) in [5.74, 6) is -0.738. The van der Waals surface area contributed by atoms with Crippen molar-refractivity contribution in [2.75, 3.05) is 18.4 Å². The minimum Gasteiger partial charge on any atom is -0.453 e. The second-order valence-corrected chi connectivity index (χ2v) is 9.09. The van der Waals surface area contributed by atoms with Gasteiger partial charge in [0.15, 0.2) is 6.10 Å². The fourth-order valence-electron chi connectivity index (χ4n) is 2.77. The number of hydrogen-bond acceptors (Lipinski definition) is 6. The number of carbonyl (C=O) groups excluding carboxylic acids is 2. The Labute approximate surface area is 187 Å². The van der Waals surface area contributed by atoms with Crippen molar-refractivity contribution in [2.45, 2.75) is 44.6 Å². The Hall–Kier alpha value is -2.49. The molecule has 0 spiro atoms. The molecule has 31 heavy (non-hydrogen) atoms. The number of amides is 1. The van der Waals surface area contributed by atoms with Crippen LogP contribution in [-0.4, -0.2) is 48.8 Å². The van der Waals surface area contributed by atoms with Gasteiger partial charge in [-0.3, -0.25) is 9.59 Å². The van der Waals surface area contributed by atoms with Crippen molar-refractivity contribution in [2.24, 2.45) is 0 Å². The summed E-state index contributed by atoms with van der Waals surface area (Å²) in [5.41, 5.74) is 0.790. The van der Waals surface area contributed by atoms with E-state index in [2.05, 4.69) is 10.3 Å². The molecule has 1 N–H and O–H groups in total. The maximum atomic E-state index is 12.5. The molecule has 1 heterocycles. The number of aromatic nitrogens is 1. The van der Waals surface area contributed by atoms with E-state index in [9.17, 15) is 18.0 Å². The highest BCUT2D eigenvalue weighted by Crippen LogP contribution is 2.17. The zero-order valence-electron chi connectivity index (χ0n) is 17.7. The number of nitrogens with one attached hydrogen (secondary N) is 1. The lowest BCUT2D eigenvalue weighted by Gasteiger charge is -2.18. The van der Waals surface area contributed by atoms with Crippen LogP contribution in [0.2, 0.25) is 5.02 Å². The Morgan fingerprint density at radius 2 is 1.77 bits per heavy atom.